The van der Waals surface area contributed by atoms with Crippen molar-refractivity contribution in [2.45, 2.75) is 18.9 Å². The molecule has 1 aliphatic heterocycles. The second kappa shape index (κ2) is 7.84. The van der Waals surface area contributed by atoms with Crippen molar-refractivity contribution in [2.75, 3.05) is 25.5 Å². The van der Waals surface area contributed by atoms with Crippen molar-refractivity contribution in [3.05, 3.63) is 52.5 Å². The SMILES string of the molecule is COc1ccc(Cl)cc1NC(=O)C[NH+]1CCC[C@@H]1c1nc2ccccc2s1. The van der Waals surface area contributed by atoms with E-state index in [9.17, 15) is 4.79 Å². The number of methoxy groups -OCH3 is 1. The molecule has 140 valence electrons. The van der Waals surface area contributed by atoms with Gasteiger partial charge >= 0.3 is 0 Å². The Morgan fingerprint density at radius 3 is 3.04 bits per heavy atom. The Hall–Kier alpha value is -2.15. The summed E-state index contributed by atoms with van der Waals surface area (Å²) in [5, 5.41) is 4.63. The standard InChI is InChI=1S/C20H20ClN3O2S/c1-26-17-9-8-13(21)11-15(17)22-19(25)12-24-10-4-6-16(24)20-23-14-5-2-3-7-18(14)27-20/h2-3,5,7-9,11,16H,4,6,10,12H2,1H3,(H,22,25)/p+1/t16-/m1/s1. The van der Waals surface area contributed by atoms with Gasteiger partial charge in [-0.2, -0.15) is 0 Å². The van der Waals surface area contributed by atoms with Crippen LogP contribution in [0.4, 0.5) is 5.69 Å². The molecule has 1 fully saturated rings. The summed E-state index contributed by atoms with van der Waals surface area (Å²) in [6.07, 6.45) is 2.16. The summed E-state index contributed by atoms with van der Waals surface area (Å²) in [4.78, 5) is 18.7. The number of anilines is 1. The van der Waals surface area contributed by atoms with Crippen molar-refractivity contribution in [1.82, 2.24) is 4.98 Å². The highest BCUT2D eigenvalue weighted by Gasteiger charge is 2.34. The van der Waals surface area contributed by atoms with E-state index in [0.717, 1.165) is 29.9 Å². The van der Waals surface area contributed by atoms with Gasteiger partial charge in [-0.1, -0.05) is 23.7 Å². The minimum Gasteiger partial charge on any atom is -0.495 e. The van der Waals surface area contributed by atoms with Crippen LogP contribution in [0.15, 0.2) is 42.5 Å². The molecule has 2 atom stereocenters. The third-order valence-corrected chi connectivity index (χ3v) is 6.30. The van der Waals surface area contributed by atoms with E-state index in [1.807, 2.05) is 18.2 Å². The number of para-hydroxylation sites is 1. The Morgan fingerprint density at radius 1 is 1.37 bits per heavy atom. The molecule has 3 aromatic rings. The van der Waals surface area contributed by atoms with Crippen LogP contribution in [0.5, 0.6) is 5.75 Å². The van der Waals surface area contributed by atoms with Crippen molar-refractivity contribution in [3.63, 3.8) is 0 Å². The second-order valence-electron chi connectivity index (χ2n) is 6.69. The topological polar surface area (TPSA) is 55.7 Å². The van der Waals surface area contributed by atoms with Crippen molar-refractivity contribution in [3.8, 4) is 5.75 Å². The minimum atomic E-state index is -0.0430. The lowest BCUT2D eigenvalue weighted by Gasteiger charge is -2.19. The highest BCUT2D eigenvalue weighted by Crippen LogP contribution is 2.29. The number of aromatic nitrogens is 1. The Labute approximate surface area is 166 Å². The van der Waals surface area contributed by atoms with E-state index in [4.69, 9.17) is 21.3 Å². The first-order valence-corrected chi connectivity index (χ1v) is 10.2. The molecule has 0 saturated carbocycles. The van der Waals surface area contributed by atoms with Gasteiger partial charge in [-0.25, -0.2) is 4.98 Å². The molecule has 7 heteroatoms. The molecule has 1 aromatic heterocycles. The smallest absolute Gasteiger partial charge is 0.279 e. The van der Waals surface area contributed by atoms with Crippen LogP contribution < -0.4 is 15.0 Å². The lowest BCUT2D eigenvalue weighted by atomic mass is 10.2. The molecule has 0 spiro atoms. The van der Waals surface area contributed by atoms with E-state index in [0.29, 0.717) is 23.0 Å². The van der Waals surface area contributed by atoms with Crippen molar-refractivity contribution < 1.29 is 14.4 Å². The quantitative estimate of drug-likeness (QED) is 0.688. The van der Waals surface area contributed by atoms with Crippen LogP contribution in [0.25, 0.3) is 10.2 Å². The van der Waals surface area contributed by atoms with Gasteiger partial charge < -0.3 is 15.0 Å². The van der Waals surface area contributed by atoms with Gasteiger partial charge in [-0.05, 0) is 30.3 Å². The maximum Gasteiger partial charge on any atom is 0.279 e. The van der Waals surface area contributed by atoms with Gasteiger partial charge in [0.25, 0.3) is 5.91 Å². The van der Waals surface area contributed by atoms with Gasteiger partial charge in [0.1, 0.15) is 11.8 Å². The fourth-order valence-corrected chi connectivity index (χ4v) is 4.97. The molecule has 1 aliphatic rings. The second-order valence-corrected chi connectivity index (χ2v) is 8.19. The first-order chi connectivity index (χ1) is 13.1. The molecule has 4 rings (SSSR count). The number of rotatable bonds is 5. The number of carbonyl (C=O) groups is 1. The summed E-state index contributed by atoms with van der Waals surface area (Å²) in [7, 11) is 1.58. The molecule has 2 heterocycles. The van der Waals surface area contributed by atoms with Crippen LogP contribution in [0.1, 0.15) is 23.9 Å². The molecule has 0 radical (unpaired) electrons. The number of hydrogen-bond donors (Lipinski definition) is 2. The third kappa shape index (κ3) is 3.93. The van der Waals surface area contributed by atoms with Crippen LogP contribution in [-0.4, -0.2) is 31.1 Å². The van der Waals surface area contributed by atoms with Gasteiger partial charge in [0.15, 0.2) is 11.6 Å². The van der Waals surface area contributed by atoms with Gasteiger partial charge in [0, 0.05) is 17.9 Å². The molecule has 1 amide bonds. The Morgan fingerprint density at radius 2 is 2.22 bits per heavy atom. The van der Waals surface area contributed by atoms with Crippen LogP contribution in [0.2, 0.25) is 5.02 Å². The number of nitrogens with zero attached hydrogens (tertiary/aromatic N) is 1. The number of nitrogens with one attached hydrogen (secondary N) is 2. The normalized spacial score (nSPS) is 19.3. The monoisotopic (exact) mass is 402 g/mol. The molecular weight excluding hydrogens is 382 g/mol. The number of carbonyl (C=O) groups excluding carboxylic acids is 1. The summed E-state index contributed by atoms with van der Waals surface area (Å²) in [6, 6.07) is 13.7. The van der Waals surface area contributed by atoms with Crippen LogP contribution >= 0.6 is 22.9 Å². The van der Waals surface area contributed by atoms with E-state index in [1.165, 1.54) is 9.60 Å². The first kappa shape index (κ1) is 18.2. The number of fused-ring (bicyclic) bond motifs is 1. The largest absolute Gasteiger partial charge is 0.495 e. The van der Waals surface area contributed by atoms with E-state index >= 15 is 0 Å². The summed E-state index contributed by atoms with van der Waals surface area (Å²) in [5.41, 5.74) is 1.64. The number of likely N-dealkylation sites (tertiary alicyclic amines) is 1. The van der Waals surface area contributed by atoms with Gasteiger partial charge in [0.05, 0.1) is 29.6 Å². The Bertz CT molecular complexity index is 942. The lowest BCUT2D eigenvalue weighted by Crippen LogP contribution is -3.11. The maximum atomic E-state index is 12.6. The first-order valence-electron chi connectivity index (χ1n) is 8.97. The molecular formula is C20H21ClN3O2S+. The van der Waals surface area contributed by atoms with Crippen molar-refractivity contribution in [2.24, 2.45) is 0 Å². The van der Waals surface area contributed by atoms with Gasteiger partial charge in [-0.15, -0.1) is 11.3 Å². The number of thiazole rings is 1. The number of amides is 1. The van der Waals surface area contributed by atoms with E-state index in [-0.39, 0.29) is 11.9 Å². The van der Waals surface area contributed by atoms with Crippen LogP contribution in [-0.2, 0) is 4.79 Å². The molecule has 0 aliphatic carbocycles. The zero-order valence-electron chi connectivity index (χ0n) is 15.0. The molecule has 1 saturated heterocycles. The third-order valence-electron chi connectivity index (χ3n) is 4.92. The molecule has 2 N–H and O–H groups in total. The van der Waals surface area contributed by atoms with Crippen LogP contribution in [0.3, 0.4) is 0 Å². The lowest BCUT2D eigenvalue weighted by molar-refractivity contribution is -0.910. The zero-order chi connectivity index (χ0) is 18.8. The summed E-state index contributed by atoms with van der Waals surface area (Å²) in [5.74, 6) is 0.561. The van der Waals surface area contributed by atoms with E-state index < -0.39 is 0 Å². The average molecular weight is 403 g/mol. The Kier molecular flexibility index (Phi) is 5.29. The fourth-order valence-electron chi connectivity index (χ4n) is 3.64. The maximum absolute atomic E-state index is 12.6. The van der Waals surface area contributed by atoms with Crippen molar-refractivity contribution in [1.29, 1.82) is 0 Å². The highest BCUT2D eigenvalue weighted by atomic mass is 35.5. The van der Waals surface area contributed by atoms with E-state index in [1.54, 1.807) is 36.6 Å². The molecule has 5 nitrogen and oxygen atoms in total. The van der Waals surface area contributed by atoms with E-state index in [2.05, 4.69) is 11.4 Å². The predicted molar refractivity (Wildman–Crippen MR) is 109 cm³/mol. The van der Waals surface area contributed by atoms with Crippen LogP contribution in [0, 0.1) is 0 Å². The predicted octanol–water partition coefficient (Wildman–Crippen LogP) is 3.32. The number of hydrogen-bond acceptors (Lipinski definition) is 4. The highest BCUT2D eigenvalue weighted by molar-refractivity contribution is 7.18. The molecule has 2 aromatic carbocycles. The molecule has 1 unspecified atom stereocenters. The number of ether oxygens (including phenoxy) is 1. The number of quaternary nitrogens is 1. The summed E-state index contributed by atoms with van der Waals surface area (Å²) >= 11 is 7.79. The number of benzene rings is 2. The zero-order valence-corrected chi connectivity index (χ0v) is 16.6. The molecule has 27 heavy (non-hydrogen) atoms. The minimum absolute atomic E-state index is 0.0430. The van der Waals surface area contributed by atoms with Gasteiger partial charge in [-0.3, -0.25) is 4.79 Å². The summed E-state index contributed by atoms with van der Waals surface area (Å²) in [6.45, 7) is 1.37. The molecule has 0 bridgehead atoms. The van der Waals surface area contributed by atoms with Gasteiger partial charge in [0.2, 0.25) is 0 Å². The number of halogens is 1. The average Bonchev–Trinajstić information content (AvgIpc) is 3.28. The van der Waals surface area contributed by atoms with Crippen molar-refractivity contribution >= 4 is 44.7 Å². The fraction of sp³-hybridized carbons (Fsp3) is 0.300. The Balaban J connectivity index is 1.48. The summed E-state index contributed by atoms with van der Waals surface area (Å²) < 4.78 is 6.51.